The van der Waals surface area contributed by atoms with Crippen LogP contribution in [0.1, 0.15) is 37.9 Å². The number of carbonyl (C=O) groups is 3. The highest BCUT2D eigenvalue weighted by atomic mass is 19.1. The molecular formula is C29H26FN3O3. The van der Waals surface area contributed by atoms with Crippen molar-refractivity contribution in [2.45, 2.75) is 6.04 Å². The average molecular weight is 484 g/mol. The molecule has 0 fully saturated rings. The van der Waals surface area contributed by atoms with E-state index in [1.807, 2.05) is 66.7 Å². The van der Waals surface area contributed by atoms with E-state index in [9.17, 15) is 18.8 Å². The van der Waals surface area contributed by atoms with E-state index < -0.39 is 11.7 Å². The minimum absolute atomic E-state index is 0.174. The van der Waals surface area contributed by atoms with Crippen LogP contribution in [-0.4, -0.2) is 24.3 Å². The smallest absolute Gasteiger partial charge is 0.251 e. The van der Waals surface area contributed by atoms with E-state index in [-0.39, 0.29) is 24.4 Å². The van der Waals surface area contributed by atoms with Crippen LogP contribution in [0.2, 0.25) is 0 Å². The van der Waals surface area contributed by atoms with Crippen LogP contribution in [0.15, 0.2) is 115 Å². The average Bonchev–Trinajstić information content (AvgIpc) is 2.92. The van der Waals surface area contributed by atoms with Crippen molar-refractivity contribution in [1.29, 1.82) is 0 Å². The van der Waals surface area contributed by atoms with Gasteiger partial charge >= 0.3 is 0 Å². The van der Waals surface area contributed by atoms with Gasteiger partial charge in [0.1, 0.15) is 5.82 Å². The Labute approximate surface area is 209 Å². The zero-order valence-corrected chi connectivity index (χ0v) is 19.4. The van der Waals surface area contributed by atoms with E-state index in [0.29, 0.717) is 11.1 Å². The summed E-state index contributed by atoms with van der Waals surface area (Å²) in [5.74, 6) is -1.54. The lowest BCUT2D eigenvalue weighted by Crippen LogP contribution is -2.39. The molecule has 0 aliphatic carbocycles. The maximum absolute atomic E-state index is 12.9. The molecule has 7 heteroatoms. The van der Waals surface area contributed by atoms with Gasteiger partial charge in [-0.1, -0.05) is 78.9 Å². The molecule has 3 amide bonds. The van der Waals surface area contributed by atoms with Gasteiger partial charge in [0.25, 0.3) is 5.91 Å². The van der Waals surface area contributed by atoms with Gasteiger partial charge < -0.3 is 16.4 Å². The monoisotopic (exact) mass is 483 g/mol. The topological polar surface area (TPSA) is 101 Å². The Balaban J connectivity index is 0.000000338. The third-order valence-corrected chi connectivity index (χ3v) is 5.15. The molecule has 4 rings (SSSR count). The SMILES string of the molecule is NC(=O)c1ccccc1.O=C(CNC(=O)c1ccc(F)cc1)NC(c1ccccc1)c1ccccc1. The van der Waals surface area contributed by atoms with Gasteiger partial charge in [0, 0.05) is 11.1 Å². The van der Waals surface area contributed by atoms with Crippen molar-refractivity contribution >= 4 is 17.7 Å². The van der Waals surface area contributed by atoms with Crippen molar-refractivity contribution in [2.24, 2.45) is 5.73 Å². The first-order chi connectivity index (χ1) is 17.4. The van der Waals surface area contributed by atoms with E-state index in [0.717, 1.165) is 11.1 Å². The summed E-state index contributed by atoms with van der Waals surface area (Å²) in [5, 5.41) is 5.50. The van der Waals surface area contributed by atoms with Crippen LogP contribution in [0.5, 0.6) is 0 Å². The summed E-state index contributed by atoms with van der Waals surface area (Å²) in [5.41, 5.74) is 7.72. The summed E-state index contributed by atoms with van der Waals surface area (Å²) >= 11 is 0. The van der Waals surface area contributed by atoms with Crippen LogP contribution in [0.4, 0.5) is 4.39 Å². The van der Waals surface area contributed by atoms with Crippen molar-refractivity contribution in [3.05, 3.63) is 143 Å². The number of primary amides is 1. The second-order valence-electron chi connectivity index (χ2n) is 7.74. The lowest BCUT2D eigenvalue weighted by atomic mass is 9.99. The van der Waals surface area contributed by atoms with Gasteiger partial charge in [-0.3, -0.25) is 14.4 Å². The summed E-state index contributed by atoms with van der Waals surface area (Å²) < 4.78 is 12.9. The van der Waals surface area contributed by atoms with Crippen LogP contribution >= 0.6 is 0 Å². The molecule has 4 aromatic rings. The predicted octanol–water partition coefficient (Wildman–Crippen LogP) is 4.25. The van der Waals surface area contributed by atoms with Crippen LogP contribution in [0.25, 0.3) is 0 Å². The Morgan fingerprint density at radius 3 is 1.58 bits per heavy atom. The lowest BCUT2D eigenvalue weighted by molar-refractivity contribution is -0.120. The lowest BCUT2D eigenvalue weighted by Gasteiger charge is -2.20. The summed E-state index contributed by atoms with van der Waals surface area (Å²) in [7, 11) is 0. The quantitative estimate of drug-likeness (QED) is 0.366. The molecule has 0 unspecified atom stereocenters. The maximum Gasteiger partial charge on any atom is 0.251 e. The fraction of sp³-hybridized carbons (Fsp3) is 0.0690. The highest BCUT2D eigenvalue weighted by Gasteiger charge is 2.17. The Kier molecular flexibility index (Phi) is 9.47. The molecule has 0 bridgehead atoms. The number of halogens is 1. The molecule has 6 nitrogen and oxygen atoms in total. The number of amides is 3. The summed E-state index contributed by atoms with van der Waals surface area (Å²) in [6.45, 7) is -0.174. The number of benzene rings is 4. The van der Waals surface area contributed by atoms with E-state index >= 15 is 0 Å². The van der Waals surface area contributed by atoms with Crippen molar-refractivity contribution in [1.82, 2.24) is 10.6 Å². The molecule has 0 aliphatic heterocycles. The molecule has 4 N–H and O–H groups in total. The molecular weight excluding hydrogens is 457 g/mol. The van der Waals surface area contributed by atoms with Crippen LogP contribution in [0.3, 0.4) is 0 Å². The van der Waals surface area contributed by atoms with Crippen molar-refractivity contribution in [2.75, 3.05) is 6.54 Å². The third kappa shape index (κ3) is 7.92. The number of nitrogens with two attached hydrogens (primary N) is 1. The van der Waals surface area contributed by atoms with Crippen LogP contribution in [-0.2, 0) is 4.79 Å². The largest absolute Gasteiger partial charge is 0.366 e. The summed E-state index contributed by atoms with van der Waals surface area (Å²) in [4.78, 5) is 34.9. The number of rotatable bonds is 7. The third-order valence-electron chi connectivity index (χ3n) is 5.15. The molecule has 0 saturated carbocycles. The highest BCUT2D eigenvalue weighted by molar-refractivity contribution is 5.96. The second-order valence-corrected chi connectivity index (χ2v) is 7.74. The fourth-order valence-electron chi connectivity index (χ4n) is 3.33. The van der Waals surface area contributed by atoms with Gasteiger partial charge in [-0.15, -0.1) is 0 Å². The number of nitrogens with one attached hydrogen (secondary N) is 2. The molecule has 0 spiro atoms. The van der Waals surface area contributed by atoms with Crippen molar-refractivity contribution in [3.63, 3.8) is 0 Å². The standard InChI is InChI=1S/C22H19FN2O2.C7H7NO/c23-19-13-11-18(12-14-19)22(27)24-15-20(26)25-21(16-7-3-1-4-8-16)17-9-5-2-6-10-17;8-7(9)6-4-2-1-3-5-6/h1-14,21H,15H2,(H,24,27)(H,25,26);1-5H,(H2,8,9). The first kappa shape index (κ1) is 25.8. The fourth-order valence-corrected chi connectivity index (χ4v) is 3.33. The number of hydrogen-bond acceptors (Lipinski definition) is 3. The molecule has 36 heavy (non-hydrogen) atoms. The van der Waals surface area contributed by atoms with Gasteiger partial charge in [0.15, 0.2) is 0 Å². The van der Waals surface area contributed by atoms with E-state index in [1.165, 1.54) is 24.3 Å². The van der Waals surface area contributed by atoms with Gasteiger partial charge in [-0.2, -0.15) is 0 Å². The maximum atomic E-state index is 12.9. The zero-order chi connectivity index (χ0) is 25.8. The normalized spacial score (nSPS) is 10.1. The van der Waals surface area contributed by atoms with Gasteiger partial charge in [-0.05, 0) is 47.5 Å². The first-order valence-corrected chi connectivity index (χ1v) is 11.2. The minimum atomic E-state index is -0.430. The van der Waals surface area contributed by atoms with Gasteiger partial charge in [0.2, 0.25) is 11.8 Å². The molecule has 0 atom stereocenters. The Bertz CT molecular complexity index is 1230. The summed E-state index contributed by atoms with van der Waals surface area (Å²) in [6.07, 6.45) is 0. The minimum Gasteiger partial charge on any atom is -0.366 e. The number of carbonyl (C=O) groups excluding carboxylic acids is 3. The Hall–Kier alpha value is -4.78. The second kappa shape index (κ2) is 13.2. The first-order valence-electron chi connectivity index (χ1n) is 11.2. The molecule has 0 aliphatic rings. The highest BCUT2D eigenvalue weighted by Crippen LogP contribution is 2.21. The van der Waals surface area contributed by atoms with E-state index in [2.05, 4.69) is 10.6 Å². The van der Waals surface area contributed by atoms with Gasteiger partial charge in [-0.25, -0.2) is 4.39 Å². The molecule has 4 aromatic carbocycles. The molecule has 0 aromatic heterocycles. The molecule has 182 valence electrons. The van der Waals surface area contributed by atoms with Crippen molar-refractivity contribution < 1.29 is 18.8 Å². The van der Waals surface area contributed by atoms with Crippen LogP contribution < -0.4 is 16.4 Å². The predicted molar refractivity (Wildman–Crippen MR) is 137 cm³/mol. The van der Waals surface area contributed by atoms with E-state index in [1.54, 1.807) is 24.3 Å². The summed E-state index contributed by atoms with van der Waals surface area (Å²) in [6, 6.07) is 32.8. The molecule has 0 radical (unpaired) electrons. The Morgan fingerprint density at radius 2 is 1.14 bits per heavy atom. The molecule has 0 heterocycles. The molecule has 0 saturated heterocycles. The number of hydrogen-bond donors (Lipinski definition) is 3. The zero-order valence-electron chi connectivity index (χ0n) is 19.4. The van der Waals surface area contributed by atoms with Crippen molar-refractivity contribution in [3.8, 4) is 0 Å². The van der Waals surface area contributed by atoms with Gasteiger partial charge in [0.05, 0.1) is 12.6 Å². The van der Waals surface area contributed by atoms with E-state index in [4.69, 9.17) is 5.73 Å². The Morgan fingerprint density at radius 1 is 0.667 bits per heavy atom. The van der Waals surface area contributed by atoms with Crippen LogP contribution in [0, 0.1) is 5.82 Å².